The summed E-state index contributed by atoms with van der Waals surface area (Å²) in [5.74, 6) is -2.01. The van der Waals surface area contributed by atoms with Crippen LogP contribution >= 0.6 is 0 Å². The predicted molar refractivity (Wildman–Crippen MR) is 49.2 cm³/mol. The monoisotopic (exact) mass is 222 g/mol. The van der Waals surface area contributed by atoms with Crippen LogP contribution < -0.4 is 34.7 Å². The van der Waals surface area contributed by atoms with E-state index in [0.29, 0.717) is 0 Å². The van der Waals surface area contributed by atoms with Crippen molar-refractivity contribution in [2.24, 2.45) is 5.92 Å². The summed E-state index contributed by atoms with van der Waals surface area (Å²) < 4.78 is 4.44. The second-order valence-electron chi connectivity index (χ2n) is 3.29. The third kappa shape index (κ3) is 8.66. The van der Waals surface area contributed by atoms with Crippen LogP contribution in [0.1, 0.15) is 27.2 Å². The Balaban J connectivity index is 0. The first-order chi connectivity index (χ1) is 6.47. The topological polar surface area (TPSA) is 66.4 Å². The minimum Gasteiger partial charge on any atom is -0.868 e. The minimum atomic E-state index is -0.968. The summed E-state index contributed by atoms with van der Waals surface area (Å²) in [7, 11) is 0. The molecule has 0 spiro atoms. The summed E-state index contributed by atoms with van der Waals surface area (Å²) in [5.41, 5.74) is 0. The van der Waals surface area contributed by atoms with Gasteiger partial charge in [-0.25, -0.2) is 4.79 Å². The molecule has 0 saturated carbocycles. The predicted octanol–water partition coefficient (Wildman–Crippen LogP) is -2.59. The fourth-order valence-electron chi connectivity index (χ4n) is 0.869. The number of rotatable bonds is 5. The fourth-order valence-corrected chi connectivity index (χ4v) is 0.869. The Morgan fingerprint density at radius 1 is 1.40 bits per heavy atom. The Kier molecular flexibility index (Phi) is 10.2. The number of hydrogen-bond donors (Lipinski definition) is 0. The van der Waals surface area contributed by atoms with Crippen LogP contribution in [0.2, 0.25) is 0 Å². The molecule has 0 bridgehead atoms. The van der Waals surface area contributed by atoms with Gasteiger partial charge in [-0.05, 0) is 24.7 Å². The summed E-state index contributed by atoms with van der Waals surface area (Å²) in [6.07, 6.45) is 1.07. The Bertz CT molecular complexity index is 246. The molecular formula is C10H15NaO4. The van der Waals surface area contributed by atoms with Gasteiger partial charge in [0.25, 0.3) is 0 Å². The quantitative estimate of drug-likeness (QED) is 0.222. The van der Waals surface area contributed by atoms with Crippen molar-refractivity contribution >= 4 is 11.8 Å². The molecule has 0 radical (unpaired) electrons. The number of ether oxygens (including phenoxy) is 1. The van der Waals surface area contributed by atoms with Gasteiger partial charge in [-0.3, -0.25) is 4.79 Å². The third-order valence-corrected chi connectivity index (χ3v) is 1.38. The van der Waals surface area contributed by atoms with Gasteiger partial charge >= 0.3 is 35.5 Å². The molecule has 4 nitrogen and oxygen atoms in total. The van der Waals surface area contributed by atoms with Gasteiger partial charge in [0, 0.05) is 6.42 Å². The van der Waals surface area contributed by atoms with Crippen molar-refractivity contribution in [3.8, 4) is 0 Å². The summed E-state index contributed by atoms with van der Waals surface area (Å²) in [5, 5.41) is 11.0. The van der Waals surface area contributed by atoms with E-state index in [0.717, 1.165) is 6.08 Å². The molecule has 0 unspecified atom stereocenters. The van der Waals surface area contributed by atoms with Crippen molar-refractivity contribution in [3.05, 3.63) is 11.8 Å². The average molecular weight is 222 g/mol. The van der Waals surface area contributed by atoms with E-state index in [1.54, 1.807) is 6.92 Å². The van der Waals surface area contributed by atoms with Crippen molar-refractivity contribution < 1.29 is 49.0 Å². The number of ketones is 1. The van der Waals surface area contributed by atoms with Gasteiger partial charge in [-0.15, -0.1) is 0 Å². The number of carbonyl (C=O) groups is 2. The van der Waals surface area contributed by atoms with Gasteiger partial charge in [-0.1, -0.05) is 13.8 Å². The molecule has 15 heavy (non-hydrogen) atoms. The van der Waals surface area contributed by atoms with E-state index in [2.05, 4.69) is 4.74 Å². The van der Waals surface area contributed by atoms with E-state index in [1.165, 1.54) is 0 Å². The van der Waals surface area contributed by atoms with Crippen LogP contribution in [0, 0.1) is 5.92 Å². The smallest absolute Gasteiger partial charge is 0.868 e. The normalized spacial score (nSPS) is 10.8. The summed E-state index contributed by atoms with van der Waals surface area (Å²) in [4.78, 5) is 21.9. The zero-order chi connectivity index (χ0) is 11.1. The minimum absolute atomic E-state index is 0. The first-order valence-corrected chi connectivity index (χ1v) is 4.56. The number of hydrogen-bond acceptors (Lipinski definition) is 4. The number of esters is 1. The largest absolute Gasteiger partial charge is 1.00 e. The molecule has 0 N–H and O–H groups in total. The third-order valence-electron chi connectivity index (χ3n) is 1.38. The number of carbonyl (C=O) groups excluding carboxylic acids is 2. The van der Waals surface area contributed by atoms with Crippen molar-refractivity contribution in [2.75, 3.05) is 6.61 Å². The van der Waals surface area contributed by atoms with E-state index in [4.69, 9.17) is 0 Å². The molecule has 0 aromatic heterocycles. The van der Waals surface area contributed by atoms with Gasteiger partial charge in [0.15, 0.2) is 5.78 Å². The van der Waals surface area contributed by atoms with Crippen LogP contribution in [-0.2, 0) is 14.3 Å². The van der Waals surface area contributed by atoms with Crippen molar-refractivity contribution in [1.29, 1.82) is 0 Å². The number of allylic oxidation sites excluding steroid dienone is 1. The molecule has 0 heterocycles. The molecule has 0 aromatic rings. The van der Waals surface area contributed by atoms with Crippen LogP contribution in [0.5, 0.6) is 0 Å². The molecule has 5 heteroatoms. The van der Waals surface area contributed by atoms with Gasteiger partial charge in [0.2, 0.25) is 0 Å². The van der Waals surface area contributed by atoms with E-state index < -0.39 is 11.7 Å². The maximum Gasteiger partial charge on any atom is 1.00 e. The summed E-state index contributed by atoms with van der Waals surface area (Å²) >= 11 is 0. The molecular weight excluding hydrogens is 207 g/mol. The Morgan fingerprint density at radius 3 is 2.33 bits per heavy atom. The molecule has 0 fully saturated rings. The summed E-state index contributed by atoms with van der Waals surface area (Å²) in [6, 6.07) is 0. The molecule has 0 aliphatic heterocycles. The van der Waals surface area contributed by atoms with Crippen LogP contribution in [0.25, 0.3) is 0 Å². The SMILES string of the molecule is CCOC(=O)/C([O-])=C/C(=O)CC(C)C.[Na+]. The zero-order valence-corrected chi connectivity index (χ0v) is 11.7. The molecule has 0 aromatic carbocycles. The van der Waals surface area contributed by atoms with Gasteiger partial charge in [-0.2, -0.15) is 0 Å². The maximum atomic E-state index is 11.1. The average Bonchev–Trinajstić information content (AvgIpc) is 2.02. The standard InChI is InChI=1S/C10H16O4.Na/c1-4-14-10(13)9(12)6-8(11)5-7(2)3;/h6-7,12H,4-5H2,1-3H3;/q;+1/p-1/b9-6-;. The molecule has 0 saturated heterocycles. The molecule has 0 amide bonds. The fraction of sp³-hybridized carbons (Fsp3) is 0.600. The van der Waals surface area contributed by atoms with E-state index in [1.807, 2.05) is 13.8 Å². The van der Waals surface area contributed by atoms with Gasteiger partial charge in [0.1, 0.15) is 0 Å². The Labute approximate surface area is 112 Å². The van der Waals surface area contributed by atoms with Crippen molar-refractivity contribution in [2.45, 2.75) is 27.2 Å². The first kappa shape index (κ1) is 17.1. The van der Waals surface area contributed by atoms with Crippen molar-refractivity contribution in [3.63, 3.8) is 0 Å². The first-order valence-electron chi connectivity index (χ1n) is 4.56. The Morgan fingerprint density at radius 2 is 1.93 bits per heavy atom. The van der Waals surface area contributed by atoms with Crippen LogP contribution in [-0.4, -0.2) is 18.4 Å². The maximum absolute atomic E-state index is 11.1. The van der Waals surface area contributed by atoms with Crippen LogP contribution in [0.15, 0.2) is 11.8 Å². The van der Waals surface area contributed by atoms with Gasteiger partial charge in [0.05, 0.1) is 6.61 Å². The Hall–Kier alpha value is -0.320. The second-order valence-corrected chi connectivity index (χ2v) is 3.29. The molecule has 0 aliphatic carbocycles. The van der Waals surface area contributed by atoms with Gasteiger partial charge < -0.3 is 9.84 Å². The summed E-state index contributed by atoms with van der Waals surface area (Å²) in [6.45, 7) is 5.46. The molecule has 0 atom stereocenters. The van der Waals surface area contributed by atoms with E-state index >= 15 is 0 Å². The van der Waals surface area contributed by atoms with E-state index in [-0.39, 0.29) is 54.3 Å². The van der Waals surface area contributed by atoms with Crippen LogP contribution in [0.3, 0.4) is 0 Å². The second kappa shape index (κ2) is 8.95. The molecule has 0 rings (SSSR count). The van der Waals surface area contributed by atoms with E-state index in [9.17, 15) is 14.7 Å². The van der Waals surface area contributed by atoms with Crippen molar-refractivity contribution in [1.82, 2.24) is 0 Å². The zero-order valence-electron chi connectivity index (χ0n) is 9.70. The molecule has 80 valence electrons. The molecule has 0 aliphatic rings. The van der Waals surface area contributed by atoms with Crippen LogP contribution in [0.4, 0.5) is 0 Å².